The zero-order chi connectivity index (χ0) is 14.5. The zero-order valence-corrected chi connectivity index (χ0v) is 14.2. The molecular weight excluding hydrogens is 306 g/mol. The van der Waals surface area contributed by atoms with Crippen molar-refractivity contribution in [1.29, 1.82) is 0 Å². The molecule has 0 saturated carbocycles. The summed E-state index contributed by atoms with van der Waals surface area (Å²) in [5, 5.41) is 8.01. The van der Waals surface area contributed by atoms with Crippen molar-refractivity contribution < 1.29 is 4.74 Å². The molecule has 19 heavy (non-hydrogen) atoms. The van der Waals surface area contributed by atoms with E-state index in [1.807, 2.05) is 17.8 Å². The first kappa shape index (κ1) is 16.7. The largest absolute Gasteiger partial charge is 0.374 e. The lowest BCUT2D eigenvalue weighted by Crippen LogP contribution is -2.43. The summed E-state index contributed by atoms with van der Waals surface area (Å²) in [6, 6.07) is 0.115. The monoisotopic (exact) mass is 331 g/mol. The van der Waals surface area contributed by atoms with Crippen molar-refractivity contribution in [3.63, 3.8) is 0 Å². The van der Waals surface area contributed by atoms with E-state index in [0.717, 1.165) is 29.7 Å². The van der Waals surface area contributed by atoms with Crippen LogP contribution in [0.25, 0.3) is 0 Å². The number of hydrogen-bond acceptors (Lipinski definition) is 3. The van der Waals surface area contributed by atoms with Crippen LogP contribution >= 0.6 is 15.9 Å². The lowest BCUT2D eigenvalue weighted by atomic mass is 9.95. The lowest BCUT2D eigenvalue weighted by molar-refractivity contribution is -0.0413. The van der Waals surface area contributed by atoms with Crippen LogP contribution in [0.1, 0.15) is 52.8 Å². The number of hydrogen-bond donors (Lipinski definition) is 1. The third kappa shape index (κ3) is 4.04. The van der Waals surface area contributed by atoms with Gasteiger partial charge in [-0.2, -0.15) is 5.10 Å². The number of nitrogens with one attached hydrogen (secondary N) is 1. The maximum absolute atomic E-state index is 5.94. The number of rotatable bonds is 8. The van der Waals surface area contributed by atoms with Crippen LogP contribution in [0.15, 0.2) is 10.7 Å². The molecule has 0 saturated heterocycles. The van der Waals surface area contributed by atoms with E-state index < -0.39 is 0 Å². The number of aromatic nitrogens is 2. The van der Waals surface area contributed by atoms with Gasteiger partial charge < -0.3 is 10.1 Å². The highest BCUT2D eigenvalue weighted by Crippen LogP contribution is 2.33. The van der Waals surface area contributed by atoms with E-state index in [1.54, 1.807) is 0 Å². The predicted molar refractivity (Wildman–Crippen MR) is 82.3 cm³/mol. The van der Waals surface area contributed by atoms with Crippen LogP contribution in [0.3, 0.4) is 0 Å². The summed E-state index contributed by atoms with van der Waals surface area (Å²) < 4.78 is 9.01. The molecule has 1 unspecified atom stereocenters. The quantitative estimate of drug-likeness (QED) is 0.792. The van der Waals surface area contributed by atoms with Gasteiger partial charge in [-0.1, -0.05) is 6.92 Å². The molecule has 5 heteroatoms. The van der Waals surface area contributed by atoms with Crippen LogP contribution in [-0.4, -0.2) is 28.5 Å². The smallest absolute Gasteiger partial charge is 0.0835 e. The Morgan fingerprint density at radius 2 is 2.11 bits per heavy atom. The summed E-state index contributed by atoms with van der Waals surface area (Å²) in [7, 11) is 0. The zero-order valence-electron chi connectivity index (χ0n) is 12.7. The molecule has 1 N–H and O–H groups in total. The van der Waals surface area contributed by atoms with Gasteiger partial charge in [-0.25, -0.2) is 0 Å². The van der Waals surface area contributed by atoms with Crippen LogP contribution in [0.4, 0.5) is 0 Å². The van der Waals surface area contributed by atoms with Crippen molar-refractivity contribution in [2.75, 3.05) is 13.2 Å². The van der Waals surface area contributed by atoms with E-state index in [1.165, 1.54) is 0 Å². The van der Waals surface area contributed by atoms with Gasteiger partial charge in [-0.05, 0) is 56.6 Å². The van der Waals surface area contributed by atoms with E-state index in [-0.39, 0.29) is 11.6 Å². The molecule has 0 radical (unpaired) electrons. The van der Waals surface area contributed by atoms with E-state index in [0.29, 0.717) is 6.61 Å². The van der Waals surface area contributed by atoms with Gasteiger partial charge in [0.1, 0.15) is 0 Å². The van der Waals surface area contributed by atoms with Crippen LogP contribution < -0.4 is 5.32 Å². The highest BCUT2D eigenvalue weighted by molar-refractivity contribution is 9.10. The second-order valence-corrected chi connectivity index (χ2v) is 5.97. The van der Waals surface area contributed by atoms with Crippen LogP contribution in [0.2, 0.25) is 0 Å². The average Bonchev–Trinajstić information content (AvgIpc) is 2.71. The Hall–Kier alpha value is -0.390. The standard InChI is InChI=1S/C14H26BrN3O/c1-6-9-16-13(14(4,5)19-8-3)12-11(15)10-17-18(12)7-2/h10,13,16H,6-9H2,1-5H3. The Bertz CT molecular complexity index is 390. The van der Waals surface area contributed by atoms with Crippen molar-refractivity contribution in [1.82, 2.24) is 15.1 Å². The van der Waals surface area contributed by atoms with E-state index in [2.05, 4.69) is 54.0 Å². The molecule has 1 heterocycles. The summed E-state index contributed by atoms with van der Waals surface area (Å²) in [5.74, 6) is 0. The van der Waals surface area contributed by atoms with E-state index >= 15 is 0 Å². The van der Waals surface area contributed by atoms with Gasteiger partial charge in [0.2, 0.25) is 0 Å². The van der Waals surface area contributed by atoms with Crippen LogP contribution in [0.5, 0.6) is 0 Å². The topological polar surface area (TPSA) is 39.1 Å². The van der Waals surface area contributed by atoms with E-state index in [9.17, 15) is 0 Å². The fourth-order valence-electron chi connectivity index (χ4n) is 2.33. The maximum atomic E-state index is 5.94. The summed E-state index contributed by atoms with van der Waals surface area (Å²) in [6.07, 6.45) is 2.96. The SMILES string of the molecule is CCCNC(c1c(Br)cnn1CC)C(C)(C)OCC. The minimum absolute atomic E-state index is 0.115. The van der Waals surface area contributed by atoms with Gasteiger partial charge in [0.25, 0.3) is 0 Å². The normalized spacial score (nSPS) is 13.8. The Labute approximate surface area is 125 Å². The van der Waals surface area contributed by atoms with Gasteiger partial charge in [0.05, 0.1) is 28.0 Å². The Kier molecular flexibility index (Phi) is 6.50. The van der Waals surface area contributed by atoms with E-state index in [4.69, 9.17) is 4.74 Å². The fourth-order valence-corrected chi connectivity index (χ4v) is 2.85. The molecule has 0 aliphatic rings. The number of nitrogens with zero attached hydrogens (tertiary/aromatic N) is 2. The van der Waals surface area contributed by atoms with Crippen molar-refractivity contribution >= 4 is 15.9 Å². The lowest BCUT2D eigenvalue weighted by Gasteiger charge is -2.35. The molecule has 0 aliphatic carbocycles. The molecule has 1 atom stereocenters. The molecule has 4 nitrogen and oxygen atoms in total. The van der Waals surface area contributed by atoms with Crippen molar-refractivity contribution in [3.8, 4) is 0 Å². The van der Waals surface area contributed by atoms with Gasteiger partial charge >= 0.3 is 0 Å². The Morgan fingerprint density at radius 1 is 1.42 bits per heavy atom. The van der Waals surface area contributed by atoms with Gasteiger partial charge in [-0.15, -0.1) is 0 Å². The molecule has 110 valence electrons. The van der Waals surface area contributed by atoms with Crippen molar-refractivity contribution in [2.45, 2.75) is 59.2 Å². The maximum Gasteiger partial charge on any atom is 0.0835 e. The van der Waals surface area contributed by atoms with Gasteiger partial charge in [0.15, 0.2) is 0 Å². The minimum Gasteiger partial charge on any atom is -0.374 e. The Morgan fingerprint density at radius 3 is 2.63 bits per heavy atom. The molecular formula is C14H26BrN3O. The first-order valence-corrected chi connectivity index (χ1v) is 7.85. The third-order valence-electron chi connectivity index (χ3n) is 3.22. The Balaban J connectivity index is 3.11. The highest BCUT2D eigenvalue weighted by Gasteiger charge is 2.34. The third-order valence-corrected chi connectivity index (χ3v) is 3.83. The summed E-state index contributed by atoms with van der Waals surface area (Å²) in [4.78, 5) is 0. The number of halogens is 1. The molecule has 1 rings (SSSR count). The number of aryl methyl sites for hydroxylation is 1. The predicted octanol–water partition coefficient (Wildman–Crippen LogP) is 3.52. The minimum atomic E-state index is -0.278. The molecule has 1 aromatic heterocycles. The second-order valence-electron chi connectivity index (χ2n) is 5.12. The molecule has 0 bridgehead atoms. The molecule has 0 amide bonds. The van der Waals surface area contributed by atoms with Gasteiger partial charge in [0, 0.05) is 13.2 Å². The molecule has 0 spiro atoms. The molecule has 0 aliphatic heterocycles. The first-order valence-electron chi connectivity index (χ1n) is 7.06. The fraction of sp³-hybridized carbons (Fsp3) is 0.786. The number of ether oxygens (including phenoxy) is 1. The van der Waals surface area contributed by atoms with Crippen molar-refractivity contribution in [2.24, 2.45) is 0 Å². The summed E-state index contributed by atoms with van der Waals surface area (Å²) >= 11 is 3.62. The van der Waals surface area contributed by atoms with Crippen molar-refractivity contribution in [3.05, 3.63) is 16.4 Å². The molecule has 1 aromatic rings. The first-order chi connectivity index (χ1) is 8.97. The summed E-state index contributed by atoms with van der Waals surface area (Å²) in [5.41, 5.74) is 0.883. The van der Waals surface area contributed by atoms with Crippen LogP contribution in [0, 0.1) is 0 Å². The van der Waals surface area contributed by atoms with Crippen LogP contribution in [-0.2, 0) is 11.3 Å². The van der Waals surface area contributed by atoms with Gasteiger partial charge in [-0.3, -0.25) is 4.68 Å². The highest BCUT2D eigenvalue weighted by atomic mass is 79.9. The molecule has 0 aromatic carbocycles. The average molecular weight is 332 g/mol. The second kappa shape index (κ2) is 7.41. The molecule has 0 fully saturated rings. The summed E-state index contributed by atoms with van der Waals surface area (Å²) in [6.45, 7) is 13.1.